The Hall–Kier alpha value is -2.04. The van der Waals surface area contributed by atoms with E-state index >= 15 is 0 Å². The molecule has 0 aromatic rings. The number of hydrogen-bond acceptors (Lipinski definition) is 2. The van der Waals surface area contributed by atoms with Crippen molar-refractivity contribution in [2.24, 2.45) is 5.41 Å². The van der Waals surface area contributed by atoms with Gasteiger partial charge in [-0.2, -0.15) is 48.3 Å². The normalized spacial score (nSPS) is 17.4. The Morgan fingerprint density at radius 1 is 0.519 bits per heavy atom. The number of aliphatic carboxylic acids is 2. The topological polar surface area (TPSA) is 74.6 Å². The third-order valence-corrected chi connectivity index (χ3v) is 3.17. The Bertz CT molecular complexity index is 600. The molecule has 0 aromatic carbocycles. The molecule has 1 unspecified atom stereocenters. The van der Waals surface area contributed by atoms with Crippen molar-refractivity contribution in [1.82, 2.24) is 0 Å². The molecule has 0 aliphatic carbocycles. The van der Waals surface area contributed by atoms with E-state index in [0.29, 0.717) is 0 Å². The average Bonchev–Trinajstić information content (AvgIpc) is 2.31. The van der Waals surface area contributed by atoms with Gasteiger partial charge in [-0.1, -0.05) is 0 Å². The summed E-state index contributed by atoms with van der Waals surface area (Å²) in [4.78, 5) is 20.4. The summed E-state index contributed by atoms with van der Waals surface area (Å²) in [6, 6.07) is 0. The van der Waals surface area contributed by atoms with Crippen LogP contribution in [0, 0.1) is 5.41 Å². The van der Waals surface area contributed by atoms with E-state index in [9.17, 15) is 71.1 Å². The van der Waals surface area contributed by atoms with E-state index in [0.717, 1.165) is 0 Å². The van der Waals surface area contributed by atoms with E-state index in [2.05, 4.69) is 0 Å². The molecule has 0 bridgehead atoms. The average molecular weight is 440 g/mol. The highest BCUT2D eigenvalue weighted by Gasteiger charge is 2.99. The van der Waals surface area contributed by atoms with Crippen LogP contribution in [0.3, 0.4) is 0 Å². The molecule has 160 valence electrons. The Morgan fingerprint density at radius 3 is 0.963 bits per heavy atom. The van der Waals surface area contributed by atoms with Crippen LogP contribution in [0.2, 0.25) is 0 Å². The van der Waals surface area contributed by atoms with Crippen molar-refractivity contribution in [3.8, 4) is 0 Å². The summed E-state index contributed by atoms with van der Waals surface area (Å²) in [7, 11) is 0. The third-order valence-electron chi connectivity index (χ3n) is 3.17. The fourth-order valence-electron chi connectivity index (χ4n) is 1.85. The molecule has 0 spiro atoms. The highest BCUT2D eigenvalue weighted by Crippen LogP contribution is 2.67. The van der Waals surface area contributed by atoms with Crippen molar-refractivity contribution in [1.29, 1.82) is 0 Å². The van der Waals surface area contributed by atoms with Crippen molar-refractivity contribution >= 4 is 11.9 Å². The lowest BCUT2D eigenvalue weighted by atomic mass is 9.69. The van der Waals surface area contributed by atoms with Crippen molar-refractivity contribution in [3.05, 3.63) is 0 Å². The van der Waals surface area contributed by atoms with E-state index in [-0.39, 0.29) is 0 Å². The molecular formula is C9H2F14O4. The monoisotopic (exact) mass is 440 g/mol. The van der Waals surface area contributed by atoms with Crippen LogP contribution in [0.1, 0.15) is 0 Å². The van der Waals surface area contributed by atoms with E-state index in [1.807, 2.05) is 0 Å². The molecule has 0 aliphatic rings. The number of halogens is 14. The largest absolute Gasteiger partial charge is 0.480 e. The first-order chi connectivity index (χ1) is 11.4. The summed E-state index contributed by atoms with van der Waals surface area (Å²) in [6.07, 6.45) is -24.2. The summed E-state index contributed by atoms with van der Waals surface area (Å²) in [5.74, 6) is -25.8. The Labute approximate surface area is 136 Å². The van der Waals surface area contributed by atoms with Crippen LogP contribution in [0.4, 0.5) is 61.5 Å². The number of carbonyl (C=O) groups is 2. The fourth-order valence-corrected chi connectivity index (χ4v) is 1.85. The van der Waals surface area contributed by atoms with Crippen LogP contribution >= 0.6 is 0 Å². The second-order valence-electron chi connectivity index (χ2n) is 4.66. The van der Waals surface area contributed by atoms with Gasteiger partial charge in [0.1, 0.15) is 0 Å². The summed E-state index contributed by atoms with van der Waals surface area (Å²) in [5, 5.41) is 15.8. The maximum atomic E-state index is 13.8. The van der Waals surface area contributed by atoms with Gasteiger partial charge in [0.15, 0.2) is 0 Å². The lowest BCUT2D eigenvalue weighted by molar-refractivity contribution is -0.445. The molecule has 2 N–H and O–H groups in total. The minimum absolute atomic E-state index is 4.55. The number of hydrogen-bond donors (Lipinski definition) is 2. The van der Waals surface area contributed by atoms with Crippen molar-refractivity contribution in [2.45, 2.75) is 36.0 Å². The first kappa shape index (κ1) is 25.0. The van der Waals surface area contributed by atoms with Crippen LogP contribution in [0.25, 0.3) is 0 Å². The molecule has 0 aliphatic heterocycles. The van der Waals surface area contributed by atoms with Gasteiger partial charge >= 0.3 is 53.4 Å². The minimum Gasteiger partial charge on any atom is -0.480 e. The second kappa shape index (κ2) is 5.98. The zero-order valence-corrected chi connectivity index (χ0v) is 11.5. The molecule has 0 saturated heterocycles. The zero-order chi connectivity index (χ0) is 22.7. The van der Waals surface area contributed by atoms with Gasteiger partial charge in [-0.25, -0.2) is 18.0 Å². The van der Waals surface area contributed by atoms with Gasteiger partial charge in [0, 0.05) is 0 Å². The standard InChI is InChI=1S/C9H2F14O4/c10-4(11,2(26)27)5(12,9(21,22)23)6(13,14)3(1(24)25,7(15,16)17)8(18,19)20/h(H,24,25)(H,26,27). The van der Waals surface area contributed by atoms with Gasteiger partial charge in [-0.3, -0.25) is 4.79 Å². The SMILES string of the molecule is O=C(O)C(F)(F)C(F)(C(F)(F)F)C(F)(F)C(C(=O)O)(C(F)(F)F)C(F)(F)F. The summed E-state index contributed by atoms with van der Waals surface area (Å²) < 4.78 is 181. The van der Waals surface area contributed by atoms with E-state index < -0.39 is 53.4 Å². The minimum atomic E-state index is -8.66. The van der Waals surface area contributed by atoms with Crippen molar-refractivity contribution < 1.29 is 81.3 Å². The van der Waals surface area contributed by atoms with Crippen LogP contribution in [-0.2, 0) is 9.59 Å². The molecule has 0 radical (unpaired) electrons. The summed E-state index contributed by atoms with van der Waals surface area (Å²) in [6.45, 7) is 0. The Morgan fingerprint density at radius 2 is 0.815 bits per heavy atom. The summed E-state index contributed by atoms with van der Waals surface area (Å²) in [5.41, 5.74) is -16.6. The van der Waals surface area contributed by atoms with Crippen LogP contribution in [0.5, 0.6) is 0 Å². The number of carboxylic acids is 2. The number of rotatable bonds is 5. The Balaban J connectivity index is 7.68. The van der Waals surface area contributed by atoms with Gasteiger partial charge in [-0.05, 0) is 0 Å². The molecular weight excluding hydrogens is 438 g/mol. The summed E-state index contributed by atoms with van der Waals surface area (Å²) >= 11 is 0. The highest BCUT2D eigenvalue weighted by molar-refractivity contribution is 5.81. The molecule has 0 amide bonds. The van der Waals surface area contributed by atoms with Crippen LogP contribution in [0.15, 0.2) is 0 Å². The van der Waals surface area contributed by atoms with Crippen molar-refractivity contribution in [2.75, 3.05) is 0 Å². The van der Waals surface area contributed by atoms with E-state index in [1.54, 1.807) is 0 Å². The number of carboxylic acid groups (broad SMARTS) is 2. The first-order valence-corrected chi connectivity index (χ1v) is 5.50. The maximum Gasteiger partial charge on any atom is 0.435 e. The molecule has 0 heterocycles. The molecule has 0 fully saturated rings. The van der Waals surface area contributed by atoms with Gasteiger partial charge in [0.25, 0.3) is 0 Å². The quantitative estimate of drug-likeness (QED) is 0.638. The number of alkyl halides is 14. The molecule has 27 heavy (non-hydrogen) atoms. The Kier molecular flexibility index (Phi) is 5.53. The van der Waals surface area contributed by atoms with E-state index in [4.69, 9.17) is 10.2 Å². The zero-order valence-electron chi connectivity index (χ0n) is 11.5. The predicted octanol–water partition coefficient (Wildman–Crippen LogP) is 3.81. The fraction of sp³-hybridized carbons (Fsp3) is 0.778. The van der Waals surface area contributed by atoms with Crippen LogP contribution in [-0.4, -0.2) is 58.2 Å². The van der Waals surface area contributed by atoms with E-state index in [1.165, 1.54) is 0 Å². The second-order valence-corrected chi connectivity index (χ2v) is 4.66. The van der Waals surface area contributed by atoms with Crippen molar-refractivity contribution in [3.63, 3.8) is 0 Å². The smallest absolute Gasteiger partial charge is 0.435 e. The molecule has 4 nitrogen and oxygen atoms in total. The maximum absolute atomic E-state index is 13.8. The highest BCUT2D eigenvalue weighted by atomic mass is 19.4. The molecule has 0 aromatic heterocycles. The molecule has 0 rings (SSSR count). The lowest BCUT2D eigenvalue weighted by Gasteiger charge is -2.46. The van der Waals surface area contributed by atoms with Gasteiger partial charge in [0.2, 0.25) is 0 Å². The third kappa shape index (κ3) is 2.82. The lowest BCUT2D eigenvalue weighted by Crippen LogP contribution is -2.79. The van der Waals surface area contributed by atoms with Gasteiger partial charge in [0.05, 0.1) is 0 Å². The molecule has 18 heteroatoms. The molecule has 1 atom stereocenters. The van der Waals surface area contributed by atoms with Gasteiger partial charge in [-0.15, -0.1) is 0 Å². The van der Waals surface area contributed by atoms with Gasteiger partial charge < -0.3 is 10.2 Å². The predicted molar refractivity (Wildman–Crippen MR) is 49.6 cm³/mol. The van der Waals surface area contributed by atoms with Crippen LogP contribution < -0.4 is 0 Å². The molecule has 0 saturated carbocycles. The first-order valence-electron chi connectivity index (χ1n) is 5.50.